The molecule has 0 heterocycles. The lowest BCUT2D eigenvalue weighted by Gasteiger charge is -2.11. The summed E-state index contributed by atoms with van der Waals surface area (Å²) in [5.74, 6) is 0.659. The van der Waals surface area contributed by atoms with E-state index in [0.717, 1.165) is 5.75 Å². The van der Waals surface area contributed by atoms with E-state index >= 15 is 0 Å². The van der Waals surface area contributed by atoms with Crippen molar-refractivity contribution in [3.63, 3.8) is 0 Å². The number of carbonyl (C=O) groups is 1. The van der Waals surface area contributed by atoms with Crippen molar-refractivity contribution in [1.82, 2.24) is 5.32 Å². The molecule has 1 amide bonds. The molecule has 0 radical (unpaired) electrons. The summed E-state index contributed by atoms with van der Waals surface area (Å²) >= 11 is 0. The van der Waals surface area contributed by atoms with Gasteiger partial charge in [0.15, 0.2) is 0 Å². The van der Waals surface area contributed by atoms with Gasteiger partial charge in [0.25, 0.3) is 5.91 Å². The van der Waals surface area contributed by atoms with Crippen LogP contribution in [0, 0.1) is 0 Å². The predicted octanol–water partition coefficient (Wildman–Crippen LogP) is 1.58. The fraction of sp³-hybridized carbons (Fsp3) is 0.417. The van der Waals surface area contributed by atoms with E-state index in [2.05, 4.69) is 5.32 Å². The number of hydrogen-bond acceptors (Lipinski definition) is 3. The van der Waals surface area contributed by atoms with Crippen molar-refractivity contribution in [2.45, 2.75) is 19.9 Å². The van der Waals surface area contributed by atoms with E-state index in [9.17, 15) is 4.79 Å². The first-order valence-corrected chi connectivity index (χ1v) is 5.41. The van der Waals surface area contributed by atoms with Crippen LogP contribution in [0.2, 0.25) is 0 Å². The van der Waals surface area contributed by atoms with Crippen LogP contribution in [0.4, 0.5) is 0 Å². The molecule has 1 rings (SSSR count). The van der Waals surface area contributed by atoms with Gasteiger partial charge in [-0.3, -0.25) is 4.79 Å². The van der Waals surface area contributed by atoms with Gasteiger partial charge in [-0.15, -0.1) is 12.4 Å². The van der Waals surface area contributed by atoms with Crippen LogP contribution in [-0.2, 0) is 0 Å². The number of amides is 1. The molecule has 0 spiro atoms. The van der Waals surface area contributed by atoms with Crippen LogP contribution in [0.25, 0.3) is 0 Å². The molecule has 1 aromatic rings. The monoisotopic (exact) mass is 258 g/mol. The topological polar surface area (TPSA) is 64.3 Å². The van der Waals surface area contributed by atoms with Gasteiger partial charge in [-0.25, -0.2) is 0 Å². The number of benzene rings is 1. The van der Waals surface area contributed by atoms with Crippen LogP contribution in [0.15, 0.2) is 24.3 Å². The second-order valence-corrected chi connectivity index (χ2v) is 3.57. The van der Waals surface area contributed by atoms with Gasteiger partial charge in [0, 0.05) is 18.2 Å². The molecule has 1 aromatic carbocycles. The first kappa shape index (κ1) is 15.7. The standard InChI is InChI=1S/C12H18N2O2.ClH/c1-3-16-11-6-4-10(5-7-11)12(15)14-9(2)8-13;/h4-7,9H,3,8,13H2,1-2H3,(H,14,15);1H/t9-;/m0./s1. The molecule has 0 saturated heterocycles. The summed E-state index contributed by atoms with van der Waals surface area (Å²) in [6, 6.07) is 7.03. The molecule has 5 heteroatoms. The molecule has 3 N–H and O–H groups in total. The number of ether oxygens (including phenoxy) is 1. The van der Waals surface area contributed by atoms with Crippen LogP contribution in [0.5, 0.6) is 5.75 Å². The lowest BCUT2D eigenvalue weighted by molar-refractivity contribution is 0.0941. The summed E-state index contributed by atoms with van der Waals surface area (Å²) < 4.78 is 5.29. The molecule has 0 aliphatic carbocycles. The van der Waals surface area contributed by atoms with E-state index in [0.29, 0.717) is 18.7 Å². The Morgan fingerprint density at radius 2 is 2.00 bits per heavy atom. The molecule has 4 nitrogen and oxygen atoms in total. The van der Waals surface area contributed by atoms with Crippen LogP contribution < -0.4 is 15.8 Å². The summed E-state index contributed by atoms with van der Waals surface area (Å²) in [7, 11) is 0. The van der Waals surface area contributed by atoms with E-state index < -0.39 is 0 Å². The Morgan fingerprint density at radius 3 is 2.47 bits per heavy atom. The van der Waals surface area contributed by atoms with Crippen molar-refractivity contribution in [2.24, 2.45) is 5.73 Å². The molecule has 0 saturated carbocycles. The maximum Gasteiger partial charge on any atom is 0.251 e. The SMILES string of the molecule is CCOc1ccc(C(=O)N[C@@H](C)CN)cc1.Cl. The average Bonchev–Trinajstić information content (AvgIpc) is 2.30. The molecular weight excluding hydrogens is 240 g/mol. The minimum atomic E-state index is -0.110. The van der Waals surface area contributed by atoms with Gasteiger partial charge in [-0.2, -0.15) is 0 Å². The van der Waals surface area contributed by atoms with Gasteiger partial charge in [-0.05, 0) is 38.1 Å². The van der Waals surface area contributed by atoms with Crippen molar-refractivity contribution < 1.29 is 9.53 Å². The molecule has 0 aliphatic heterocycles. The Kier molecular flexibility index (Phi) is 7.34. The lowest BCUT2D eigenvalue weighted by Crippen LogP contribution is -2.37. The summed E-state index contributed by atoms with van der Waals surface area (Å²) in [5.41, 5.74) is 6.04. The smallest absolute Gasteiger partial charge is 0.251 e. The normalized spacial score (nSPS) is 11.2. The molecule has 0 fully saturated rings. The van der Waals surface area contributed by atoms with Crippen LogP contribution >= 0.6 is 12.4 Å². The van der Waals surface area contributed by atoms with Crippen molar-refractivity contribution in [1.29, 1.82) is 0 Å². The van der Waals surface area contributed by atoms with Crippen molar-refractivity contribution >= 4 is 18.3 Å². The summed E-state index contributed by atoms with van der Waals surface area (Å²) in [4.78, 5) is 11.7. The van der Waals surface area contributed by atoms with Gasteiger partial charge in [0.05, 0.1) is 6.61 Å². The van der Waals surface area contributed by atoms with Gasteiger partial charge >= 0.3 is 0 Å². The number of rotatable bonds is 5. The van der Waals surface area contributed by atoms with E-state index in [1.807, 2.05) is 13.8 Å². The van der Waals surface area contributed by atoms with Crippen LogP contribution in [0.1, 0.15) is 24.2 Å². The summed E-state index contributed by atoms with van der Waals surface area (Å²) in [6.07, 6.45) is 0. The Hall–Kier alpha value is -1.26. The Balaban J connectivity index is 0.00000256. The molecule has 0 unspecified atom stereocenters. The highest BCUT2D eigenvalue weighted by molar-refractivity contribution is 5.94. The third-order valence-corrected chi connectivity index (χ3v) is 2.16. The minimum Gasteiger partial charge on any atom is -0.494 e. The maximum absolute atomic E-state index is 11.7. The Morgan fingerprint density at radius 1 is 1.41 bits per heavy atom. The van der Waals surface area contributed by atoms with E-state index in [-0.39, 0.29) is 24.4 Å². The third kappa shape index (κ3) is 5.06. The number of hydrogen-bond donors (Lipinski definition) is 2. The summed E-state index contributed by atoms with van der Waals surface area (Å²) in [6.45, 7) is 4.84. The van der Waals surface area contributed by atoms with E-state index in [4.69, 9.17) is 10.5 Å². The van der Waals surface area contributed by atoms with Crippen molar-refractivity contribution in [2.75, 3.05) is 13.2 Å². The first-order chi connectivity index (χ1) is 7.67. The maximum atomic E-state index is 11.7. The molecule has 17 heavy (non-hydrogen) atoms. The minimum absolute atomic E-state index is 0. The molecule has 0 bridgehead atoms. The zero-order chi connectivity index (χ0) is 12.0. The zero-order valence-corrected chi connectivity index (χ0v) is 10.9. The molecule has 0 aromatic heterocycles. The fourth-order valence-corrected chi connectivity index (χ4v) is 1.24. The second kappa shape index (κ2) is 7.92. The Labute approximate surface area is 108 Å². The number of nitrogens with one attached hydrogen (secondary N) is 1. The highest BCUT2D eigenvalue weighted by Gasteiger charge is 2.08. The van der Waals surface area contributed by atoms with E-state index in [1.54, 1.807) is 24.3 Å². The first-order valence-electron chi connectivity index (χ1n) is 5.41. The zero-order valence-electron chi connectivity index (χ0n) is 10.1. The number of halogens is 1. The summed E-state index contributed by atoms with van der Waals surface area (Å²) in [5, 5.41) is 2.79. The van der Waals surface area contributed by atoms with Gasteiger partial charge in [-0.1, -0.05) is 0 Å². The average molecular weight is 259 g/mol. The van der Waals surface area contributed by atoms with Gasteiger partial charge in [0.2, 0.25) is 0 Å². The predicted molar refractivity (Wildman–Crippen MR) is 70.8 cm³/mol. The largest absolute Gasteiger partial charge is 0.494 e. The number of carbonyl (C=O) groups excluding carboxylic acids is 1. The van der Waals surface area contributed by atoms with Crippen LogP contribution in [-0.4, -0.2) is 25.1 Å². The van der Waals surface area contributed by atoms with Crippen molar-refractivity contribution in [3.8, 4) is 5.75 Å². The highest BCUT2D eigenvalue weighted by Crippen LogP contribution is 2.11. The van der Waals surface area contributed by atoms with Gasteiger partial charge < -0.3 is 15.8 Å². The molecule has 0 aliphatic rings. The third-order valence-electron chi connectivity index (χ3n) is 2.16. The van der Waals surface area contributed by atoms with Crippen molar-refractivity contribution in [3.05, 3.63) is 29.8 Å². The lowest BCUT2D eigenvalue weighted by atomic mass is 10.2. The van der Waals surface area contributed by atoms with E-state index in [1.165, 1.54) is 0 Å². The molecule has 1 atom stereocenters. The van der Waals surface area contributed by atoms with Crippen LogP contribution in [0.3, 0.4) is 0 Å². The highest BCUT2D eigenvalue weighted by atomic mass is 35.5. The Bertz CT molecular complexity index is 341. The number of nitrogens with two attached hydrogens (primary N) is 1. The molecular formula is C12H19ClN2O2. The quantitative estimate of drug-likeness (QED) is 0.843. The molecule has 96 valence electrons. The second-order valence-electron chi connectivity index (χ2n) is 3.57. The van der Waals surface area contributed by atoms with Gasteiger partial charge in [0.1, 0.15) is 5.75 Å². The fourth-order valence-electron chi connectivity index (χ4n) is 1.24.